The summed E-state index contributed by atoms with van der Waals surface area (Å²) < 4.78 is 18.7. The van der Waals surface area contributed by atoms with Crippen molar-refractivity contribution < 1.29 is 23.5 Å². The number of ether oxygens (including phenoxy) is 1. The molecule has 3 rings (SSSR count). The number of hydrogen-bond donors (Lipinski definition) is 1. The summed E-state index contributed by atoms with van der Waals surface area (Å²) in [4.78, 5) is 37.1. The molecule has 0 aliphatic carbocycles. The quantitative estimate of drug-likeness (QED) is 0.866. The zero-order valence-electron chi connectivity index (χ0n) is 13.4. The lowest BCUT2D eigenvalue weighted by Crippen LogP contribution is -2.44. The Morgan fingerprint density at radius 1 is 1.24 bits per heavy atom. The summed E-state index contributed by atoms with van der Waals surface area (Å²) in [6, 6.07) is 10.4. The van der Waals surface area contributed by atoms with Crippen LogP contribution in [0.4, 0.5) is 15.8 Å². The first-order chi connectivity index (χ1) is 12.0. The third-order valence-corrected chi connectivity index (χ3v) is 3.74. The largest absolute Gasteiger partial charge is 0.483 e. The second kappa shape index (κ2) is 6.72. The van der Waals surface area contributed by atoms with Crippen LogP contribution in [0.2, 0.25) is 0 Å². The van der Waals surface area contributed by atoms with E-state index in [1.54, 1.807) is 24.3 Å². The number of nitrogens with zero attached hydrogens (tertiary/aromatic N) is 1. The van der Waals surface area contributed by atoms with E-state index in [0.717, 1.165) is 12.1 Å². The maximum Gasteiger partial charge on any atom is 0.265 e. The molecule has 1 aliphatic heterocycles. The number of anilines is 2. The van der Waals surface area contributed by atoms with Crippen LogP contribution in [0, 0.1) is 5.82 Å². The fourth-order valence-electron chi connectivity index (χ4n) is 2.58. The molecule has 1 heterocycles. The zero-order valence-corrected chi connectivity index (χ0v) is 13.4. The van der Waals surface area contributed by atoms with Gasteiger partial charge in [-0.25, -0.2) is 4.39 Å². The van der Waals surface area contributed by atoms with Crippen molar-refractivity contribution in [2.75, 3.05) is 23.4 Å². The molecule has 0 fully saturated rings. The summed E-state index contributed by atoms with van der Waals surface area (Å²) in [6.07, 6.45) is 0. The molecule has 25 heavy (non-hydrogen) atoms. The van der Waals surface area contributed by atoms with Gasteiger partial charge in [-0.05, 0) is 37.3 Å². The van der Waals surface area contributed by atoms with E-state index in [0.29, 0.717) is 11.4 Å². The highest BCUT2D eigenvalue weighted by Crippen LogP contribution is 2.29. The lowest BCUT2D eigenvalue weighted by Gasteiger charge is -2.29. The van der Waals surface area contributed by atoms with Crippen LogP contribution in [0.5, 0.6) is 5.75 Å². The molecular formula is C18H15FN2O4. The molecule has 0 radical (unpaired) electrons. The summed E-state index contributed by atoms with van der Waals surface area (Å²) in [5.74, 6) is -1.56. The third-order valence-electron chi connectivity index (χ3n) is 3.74. The first-order valence-corrected chi connectivity index (χ1v) is 7.58. The molecule has 128 valence electrons. The predicted octanol–water partition coefficient (Wildman–Crippen LogP) is 2.39. The number of carbonyl (C=O) groups is 3. The summed E-state index contributed by atoms with van der Waals surface area (Å²) in [5.41, 5.74) is 1.17. The Morgan fingerprint density at radius 3 is 2.76 bits per heavy atom. The first kappa shape index (κ1) is 16.6. The number of benzene rings is 2. The number of fused-ring (bicyclic) bond motifs is 1. The van der Waals surface area contributed by atoms with Crippen LogP contribution in [0.25, 0.3) is 0 Å². The number of ketones is 1. The van der Waals surface area contributed by atoms with Crippen molar-refractivity contribution in [1.29, 1.82) is 0 Å². The van der Waals surface area contributed by atoms with E-state index < -0.39 is 11.7 Å². The highest BCUT2D eigenvalue weighted by atomic mass is 19.1. The Bertz CT molecular complexity index is 866. The van der Waals surface area contributed by atoms with E-state index in [1.165, 1.54) is 17.9 Å². The SMILES string of the molecule is CC(=O)c1cc(F)ccc1OCC(=O)N1CC(=O)Nc2ccccc21. The number of carbonyl (C=O) groups excluding carboxylic acids is 3. The molecule has 2 aromatic rings. The number of para-hydroxylation sites is 2. The van der Waals surface area contributed by atoms with Crippen molar-refractivity contribution in [3.63, 3.8) is 0 Å². The van der Waals surface area contributed by atoms with Crippen LogP contribution >= 0.6 is 0 Å². The minimum atomic E-state index is -0.564. The van der Waals surface area contributed by atoms with Crippen LogP contribution in [-0.2, 0) is 9.59 Å². The van der Waals surface area contributed by atoms with Gasteiger partial charge in [-0.1, -0.05) is 12.1 Å². The third kappa shape index (κ3) is 3.50. The Morgan fingerprint density at radius 2 is 2.00 bits per heavy atom. The molecule has 0 bridgehead atoms. The number of halogens is 1. The van der Waals surface area contributed by atoms with Gasteiger partial charge in [0, 0.05) is 0 Å². The molecule has 0 aromatic heterocycles. The molecule has 0 saturated carbocycles. The smallest absolute Gasteiger partial charge is 0.265 e. The summed E-state index contributed by atoms with van der Waals surface area (Å²) >= 11 is 0. The van der Waals surface area contributed by atoms with Gasteiger partial charge in [0.05, 0.1) is 16.9 Å². The molecule has 7 heteroatoms. The summed E-state index contributed by atoms with van der Waals surface area (Å²) in [7, 11) is 0. The molecule has 0 unspecified atom stereocenters. The van der Waals surface area contributed by atoms with Crippen LogP contribution in [0.1, 0.15) is 17.3 Å². The van der Waals surface area contributed by atoms with E-state index in [-0.39, 0.29) is 36.2 Å². The minimum Gasteiger partial charge on any atom is -0.483 e. The van der Waals surface area contributed by atoms with E-state index >= 15 is 0 Å². The maximum absolute atomic E-state index is 13.3. The van der Waals surface area contributed by atoms with Crippen LogP contribution in [0.3, 0.4) is 0 Å². The molecule has 1 N–H and O–H groups in total. The Balaban J connectivity index is 1.78. The summed E-state index contributed by atoms with van der Waals surface area (Å²) in [5, 5.41) is 2.69. The fourth-order valence-corrected chi connectivity index (χ4v) is 2.58. The Labute approximate surface area is 143 Å². The Kier molecular flexibility index (Phi) is 4.47. The van der Waals surface area contributed by atoms with Gasteiger partial charge in [0.1, 0.15) is 18.1 Å². The molecule has 2 amide bonds. The molecule has 2 aromatic carbocycles. The van der Waals surface area contributed by atoms with Gasteiger partial charge >= 0.3 is 0 Å². The predicted molar refractivity (Wildman–Crippen MR) is 89.3 cm³/mol. The first-order valence-electron chi connectivity index (χ1n) is 7.58. The van der Waals surface area contributed by atoms with Crippen molar-refractivity contribution in [3.05, 3.63) is 53.8 Å². The van der Waals surface area contributed by atoms with Crippen molar-refractivity contribution >= 4 is 29.0 Å². The minimum absolute atomic E-state index is 0.0598. The van der Waals surface area contributed by atoms with Crippen molar-refractivity contribution in [2.45, 2.75) is 6.92 Å². The van der Waals surface area contributed by atoms with E-state index in [4.69, 9.17) is 4.74 Å². The number of Topliss-reactive ketones (excluding diaryl/α,β-unsaturated/α-hetero) is 1. The molecule has 0 atom stereocenters. The van der Waals surface area contributed by atoms with E-state index in [9.17, 15) is 18.8 Å². The average molecular weight is 342 g/mol. The van der Waals surface area contributed by atoms with Gasteiger partial charge in [0.2, 0.25) is 5.91 Å². The van der Waals surface area contributed by atoms with Crippen LogP contribution in [0.15, 0.2) is 42.5 Å². The van der Waals surface area contributed by atoms with Crippen molar-refractivity contribution in [2.24, 2.45) is 0 Å². The number of nitrogens with one attached hydrogen (secondary N) is 1. The highest BCUT2D eigenvalue weighted by Gasteiger charge is 2.27. The molecular weight excluding hydrogens is 327 g/mol. The van der Waals surface area contributed by atoms with Gasteiger partial charge in [-0.15, -0.1) is 0 Å². The second-order valence-corrected chi connectivity index (χ2v) is 5.53. The van der Waals surface area contributed by atoms with Gasteiger partial charge in [-0.2, -0.15) is 0 Å². The highest BCUT2D eigenvalue weighted by molar-refractivity contribution is 6.10. The normalized spacial score (nSPS) is 13.0. The lowest BCUT2D eigenvalue weighted by atomic mass is 10.1. The van der Waals surface area contributed by atoms with Crippen molar-refractivity contribution in [3.8, 4) is 5.75 Å². The number of amides is 2. The van der Waals surface area contributed by atoms with Crippen molar-refractivity contribution in [1.82, 2.24) is 0 Å². The van der Waals surface area contributed by atoms with E-state index in [1.807, 2.05) is 0 Å². The second-order valence-electron chi connectivity index (χ2n) is 5.53. The van der Waals surface area contributed by atoms with Crippen LogP contribution in [-0.4, -0.2) is 30.7 Å². The standard InChI is InChI=1S/C18H15FN2O4/c1-11(22)13-8-12(19)6-7-16(13)25-10-18(24)21-9-17(23)20-14-4-2-3-5-15(14)21/h2-8H,9-10H2,1H3,(H,20,23). The molecule has 0 spiro atoms. The topological polar surface area (TPSA) is 75.7 Å². The molecule has 6 nitrogen and oxygen atoms in total. The van der Waals surface area contributed by atoms with E-state index in [2.05, 4.69) is 5.32 Å². The van der Waals surface area contributed by atoms with Crippen LogP contribution < -0.4 is 15.0 Å². The Hall–Kier alpha value is -3.22. The van der Waals surface area contributed by atoms with Gasteiger partial charge in [0.15, 0.2) is 12.4 Å². The van der Waals surface area contributed by atoms with Gasteiger partial charge < -0.3 is 10.1 Å². The molecule has 1 aliphatic rings. The monoisotopic (exact) mass is 342 g/mol. The number of rotatable bonds is 4. The van der Waals surface area contributed by atoms with Gasteiger partial charge in [0.25, 0.3) is 5.91 Å². The maximum atomic E-state index is 13.3. The average Bonchev–Trinajstić information content (AvgIpc) is 2.59. The summed E-state index contributed by atoms with van der Waals surface area (Å²) in [6.45, 7) is 0.782. The number of hydrogen-bond acceptors (Lipinski definition) is 4. The fraction of sp³-hybridized carbons (Fsp3) is 0.167. The van der Waals surface area contributed by atoms with Gasteiger partial charge in [-0.3, -0.25) is 19.3 Å². The lowest BCUT2D eigenvalue weighted by molar-refractivity contribution is -0.123. The molecule has 0 saturated heterocycles. The zero-order chi connectivity index (χ0) is 18.0.